The van der Waals surface area contributed by atoms with Crippen LogP contribution in [0, 0.1) is 26.2 Å². The van der Waals surface area contributed by atoms with Crippen LogP contribution in [0.25, 0.3) is 0 Å². The first-order chi connectivity index (χ1) is 6.65. The molecule has 1 nitrogen and oxygen atoms in total. The van der Waals surface area contributed by atoms with Crippen LogP contribution in [0.4, 0.5) is 5.69 Å². The number of hydrogen-bond donors (Lipinski definition) is 0. The molecule has 0 unspecified atom stereocenters. The number of anilines is 1. The Hall–Kier alpha value is -1.42. The van der Waals surface area contributed by atoms with Crippen LogP contribution in [0.1, 0.15) is 17.5 Å². The Bertz CT molecular complexity index is 347. The Labute approximate surface area is 86.7 Å². The van der Waals surface area contributed by atoms with E-state index in [4.69, 9.17) is 6.42 Å². The van der Waals surface area contributed by atoms with Crippen molar-refractivity contribution in [2.45, 2.75) is 20.3 Å². The largest absolute Gasteiger partial charge is 0.373 e. The molecular weight excluding hydrogens is 170 g/mol. The maximum Gasteiger partial charge on any atom is 0.0393 e. The van der Waals surface area contributed by atoms with Crippen molar-refractivity contribution in [3.8, 4) is 12.3 Å². The highest BCUT2D eigenvalue weighted by atomic mass is 15.1. The van der Waals surface area contributed by atoms with E-state index in [0.717, 1.165) is 13.0 Å². The molecule has 0 amide bonds. The molecule has 0 N–H and O–H groups in total. The van der Waals surface area contributed by atoms with Crippen LogP contribution in [-0.4, -0.2) is 13.6 Å². The van der Waals surface area contributed by atoms with E-state index in [-0.39, 0.29) is 0 Å². The summed E-state index contributed by atoms with van der Waals surface area (Å²) >= 11 is 0. The summed E-state index contributed by atoms with van der Waals surface area (Å²) < 4.78 is 0. The fraction of sp³-hybridized carbons (Fsp3) is 0.385. The van der Waals surface area contributed by atoms with Crippen molar-refractivity contribution in [1.82, 2.24) is 0 Å². The van der Waals surface area contributed by atoms with E-state index in [1.54, 1.807) is 0 Å². The highest BCUT2D eigenvalue weighted by molar-refractivity contribution is 5.53. The van der Waals surface area contributed by atoms with Crippen molar-refractivity contribution in [2.24, 2.45) is 0 Å². The highest BCUT2D eigenvalue weighted by Gasteiger charge is 2.02. The van der Waals surface area contributed by atoms with Gasteiger partial charge in [0, 0.05) is 25.7 Å². The Balaban J connectivity index is 2.80. The second-order valence-electron chi connectivity index (χ2n) is 3.67. The van der Waals surface area contributed by atoms with Crippen LogP contribution in [0.5, 0.6) is 0 Å². The summed E-state index contributed by atoms with van der Waals surface area (Å²) in [5.41, 5.74) is 3.88. The third kappa shape index (κ3) is 2.53. The second kappa shape index (κ2) is 4.72. The molecule has 0 aromatic heterocycles. The Morgan fingerprint density at radius 2 is 2.07 bits per heavy atom. The first kappa shape index (κ1) is 10.7. The van der Waals surface area contributed by atoms with E-state index in [9.17, 15) is 0 Å². The second-order valence-corrected chi connectivity index (χ2v) is 3.67. The lowest BCUT2D eigenvalue weighted by Gasteiger charge is -2.20. The molecule has 0 aliphatic heterocycles. The van der Waals surface area contributed by atoms with Crippen molar-refractivity contribution >= 4 is 5.69 Å². The SMILES string of the molecule is C#CCCN(C)c1ccc(C)cc1C. The normalized spacial score (nSPS) is 9.57. The smallest absolute Gasteiger partial charge is 0.0393 e. The molecule has 0 bridgehead atoms. The zero-order valence-corrected chi connectivity index (χ0v) is 9.17. The fourth-order valence-corrected chi connectivity index (χ4v) is 1.59. The van der Waals surface area contributed by atoms with Crippen molar-refractivity contribution in [2.75, 3.05) is 18.5 Å². The summed E-state index contributed by atoms with van der Waals surface area (Å²) in [4.78, 5) is 2.20. The van der Waals surface area contributed by atoms with E-state index < -0.39 is 0 Å². The van der Waals surface area contributed by atoms with Crippen LogP contribution in [-0.2, 0) is 0 Å². The van der Waals surface area contributed by atoms with Gasteiger partial charge >= 0.3 is 0 Å². The Morgan fingerprint density at radius 1 is 1.36 bits per heavy atom. The zero-order valence-electron chi connectivity index (χ0n) is 9.17. The van der Waals surface area contributed by atoms with Crippen molar-refractivity contribution in [1.29, 1.82) is 0 Å². The quantitative estimate of drug-likeness (QED) is 0.658. The maximum atomic E-state index is 5.24. The van der Waals surface area contributed by atoms with Crippen molar-refractivity contribution < 1.29 is 0 Å². The summed E-state index contributed by atoms with van der Waals surface area (Å²) in [5.74, 6) is 2.66. The van der Waals surface area contributed by atoms with Gasteiger partial charge in [-0.25, -0.2) is 0 Å². The molecule has 0 spiro atoms. The minimum Gasteiger partial charge on any atom is -0.373 e. The molecule has 0 atom stereocenters. The maximum absolute atomic E-state index is 5.24. The molecule has 0 radical (unpaired) electrons. The van der Waals surface area contributed by atoms with Gasteiger partial charge in [-0.3, -0.25) is 0 Å². The standard InChI is InChI=1S/C13H17N/c1-5-6-9-14(4)13-8-7-11(2)10-12(13)3/h1,7-8,10H,6,9H2,2-4H3. The lowest BCUT2D eigenvalue weighted by Crippen LogP contribution is -2.18. The molecule has 1 heteroatoms. The summed E-state index contributed by atoms with van der Waals surface area (Å²) in [6.07, 6.45) is 6.04. The number of nitrogens with zero attached hydrogens (tertiary/aromatic N) is 1. The Morgan fingerprint density at radius 3 is 2.64 bits per heavy atom. The fourth-order valence-electron chi connectivity index (χ4n) is 1.59. The molecule has 0 aliphatic rings. The first-order valence-corrected chi connectivity index (χ1v) is 4.87. The third-order valence-electron chi connectivity index (χ3n) is 2.36. The Kier molecular flexibility index (Phi) is 3.59. The summed E-state index contributed by atoms with van der Waals surface area (Å²) in [6.45, 7) is 5.16. The van der Waals surface area contributed by atoms with Crippen molar-refractivity contribution in [3.05, 3.63) is 29.3 Å². The summed E-state index contributed by atoms with van der Waals surface area (Å²) in [7, 11) is 2.08. The average molecular weight is 187 g/mol. The van der Waals surface area contributed by atoms with Gasteiger partial charge in [-0.1, -0.05) is 17.7 Å². The van der Waals surface area contributed by atoms with E-state index in [0.29, 0.717) is 0 Å². The van der Waals surface area contributed by atoms with Crippen LogP contribution < -0.4 is 4.90 Å². The van der Waals surface area contributed by atoms with Gasteiger partial charge in [-0.15, -0.1) is 12.3 Å². The minimum atomic E-state index is 0.795. The molecule has 0 saturated heterocycles. The minimum absolute atomic E-state index is 0.795. The summed E-state index contributed by atoms with van der Waals surface area (Å²) in [5, 5.41) is 0. The molecule has 1 aromatic rings. The van der Waals surface area contributed by atoms with E-state index >= 15 is 0 Å². The van der Waals surface area contributed by atoms with Gasteiger partial charge in [-0.05, 0) is 25.5 Å². The number of hydrogen-bond acceptors (Lipinski definition) is 1. The monoisotopic (exact) mass is 187 g/mol. The van der Waals surface area contributed by atoms with Gasteiger partial charge < -0.3 is 4.90 Å². The van der Waals surface area contributed by atoms with Gasteiger partial charge in [0.1, 0.15) is 0 Å². The molecular formula is C13H17N. The average Bonchev–Trinajstić information content (AvgIpc) is 2.14. The lowest BCUT2D eigenvalue weighted by atomic mass is 10.1. The zero-order chi connectivity index (χ0) is 10.6. The van der Waals surface area contributed by atoms with Gasteiger partial charge in [-0.2, -0.15) is 0 Å². The van der Waals surface area contributed by atoms with E-state index in [1.165, 1.54) is 16.8 Å². The predicted octanol–water partition coefficient (Wildman–Crippen LogP) is 2.76. The van der Waals surface area contributed by atoms with Gasteiger partial charge in [0.25, 0.3) is 0 Å². The predicted molar refractivity (Wildman–Crippen MR) is 62.6 cm³/mol. The van der Waals surface area contributed by atoms with Crippen LogP contribution in [0.2, 0.25) is 0 Å². The van der Waals surface area contributed by atoms with Gasteiger partial charge in [0.05, 0.1) is 0 Å². The summed E-state index contributed by atoms with van der Waals surface area (Å²) in [6, 6.07) is 6.48. The molecule has 0 saturated carbocycles. The van der Waals surface area contributed by atoms with E-state index in [2.05, 4.69) is 49.9 Å². The van der Waals surface area contributed by atoms with Crippen LogP contribution in [0.3, 0.4) is 0 Å². The van der Waals surface area contributed by atoms with Crippen molar-refractivity contribution in [3.63, 3.8) is 0 Å². The van der Waals surface area contributed by atoms with Gasteiger partial charge in [0.2, 0.25) is 0 Å². The van der Waals surface area contributed by atoms with Gasteiger partial charge in [0.15, 0.2) is 0 Å². The van der Waals surface area contributed by atoms with Crippen LogP contribution in [0.15, 0.2) is 18.2 Å². The molecule has 1 aromatic carbocycles. The third-order valence-corrected chi connectivity index (χ3v) is 2.36. The molecule has 1 rings (SSSR count). The van der Waals surface area contributed by atoms with Crippen LogP contribution >= 0.6 is 0 Å². The number of rotatable bonds is 3. The molecule has 0 heterocycles. The number of terminal acetylenes is 1. The highest BCUT2D eigenvalue weighted by Crippen LogP contribution is 2.19. The lowest BCUT2D eigenvalue weighted by molar-refractivity contribution is 0.908. The molecule has 14 heavy (non-hydrogen) atoms. The molecule has 74 valence electrons. The molecule has 0 aliphatic carbocycles. The first-order valence-electron chi connectivity index (χ1n) is 4.87. The topological polar surface area (TPSA) is 3.24 Å². The molecule has 0 fully saturated rings. The number of aryl methyl sites for hydroxylation is 2. The number of benzene rings is 1. The van der Waals surface area contributed by atoms with E-state index in [1.807, 2.05) is 0 Å².